The third kappa shape index (κ3) is 4.09. The molecule has 1 aliphatic heterocycles. The number of benzene rings is 5. The molecular weight excluding hydrogens is 497 g/mol. The highest BCUT2D eigenvalue weighted by atomic mass is 31.2. The lowest BCUT2D eigenvalue weighted by Crippen LogP contribution is -2.30. The van der Waals surface area contributed by atoms with Gasteiger partial charge < -0.3 is 9.30 Å². The summed E-state index contributed by atoms with van der Waals surface area (Å²) in [6.45, 7) is 0. The molecule has 2 heterocycles. The van der Waals surface area contributed by atoms with E-state index in [1.165, 1.54) is 0 Å². The SMILES string of the molecule is O=P1(c2ccccc2)c2ccccc2Oc2ccc(-c3cc(-c4ccccc4)nc(-c4ccccc4)c3)cc21. The van der Waals surface area contributed by atoms with E-state index in [0.29, 0.717) is 16.8 Å². The Morgan fingerprint density at radius 3 is 1.64 bits per heavy atom. The van der Waals surface area contributed by atoms with Gasteiger partial charge in [-0.05, 0) is 47.5 Å². The van der Waals surface area contributed by atoms with Gasteiger partial charge in [-0.15, -0.1) is 0 Å². The first-order chi connectivity index (χ1) is 19.2. The van der Waals surface area contributed by atoms with Crippen LogP contribution in [-0.2, 0) is 4.57 Å². The first kappa shape index (κ1) is 23.4. The highest BCUT2D eigenvalue weighted by molar-refractivity contribution is 7.85. The Balaban J connectivity index is 1.45. The van der Waals surface area contributed by atoms with Gasteiger partial charge in [-0.3, -0.25) is 0 Å². The maximum atomic E-state index is 15.1. The summed E-state index contributed by atoms with van der Waals surface area (Å²) in [6.07, 6.45) is 0. The zero-order chi connectivity index (χ0) is 26.2. The number of nitrogens with zero attached hydrogens (tertiary/aromatic N) is 1. The molecule has 4 heteroatoms. The molecular formula is C35H24NO2P. The standard InChI is InChI=1S/C35H24NO2P/c37-39(29-16-8-3-9-17-29)34-19-11-10-18-32(34)38-33-21-20-27(24-35(33)39)28-22-30(25-12-4-1-5-13-25)36-31(23-28)26-14-6-2-7-15-26/h1-24H. The molecule has 3 nitrogen and oxygen atoms in total. The van der Waals surface area contributed by atoms with E-state index in [4.69, 9.17) is 9.72 Å². The first-order valence-corrected chi connectivity index (χ1v) is 14.6. The molecule has 0 saturated heterocycles. The second kappa shape index (κ2) is 9.54. The number of hydrogen-bond donors (Lipinski definition) is 0. The van der Waals surface area contributed by atoms with E-state index in [2.05, 4.69) is 36.4 Å². The van der Waals surface area contributed by atoms with Crippen molar-refractivity contribution in [1.82, 2.24) is 4.98 Å². The monoisotopic (exact) mass is 521 g/mol. The predicted molar refractivity (Wildman–Crippen MR) is 160 cm³/mol. The van der Waals surface area contributed by atoms with Gasteiger partial charge in [-0.1, -0.05) is 109 Å². The largest absolute Gasteiger partial charge is 0.456 e. The van der Waals surface area contributed by atoms with E-state index in [9.17, 15) is 0 Å². The number of para-hydroxylation sites is 1. The third-order valence-electron chi connectivity index (χ3n) is 7.14. The van der Waals surface area contributed by atoms with Gasteiger partial charge in [0.05, 0.1) is 22.0 Å². The zero-order valence-corrected chi connectivity index (χ0v) is 22.0. The minimum Gasteiger partial charge on any atom is -0.456 e. The van der Waals surface area contributed by atoms with Crippen LogP contribution >= 0.6 is 7.14 Å². The van der Waals surface area contributed by atoms with Crippen molar-refractivity contribution in [3.05, 3.63) is 146 Å². The molecule has 0 saturated carbocycles. The summed E-state index contributed by atoms with van der Waals surface area (Å²) in [5.41, 5.74) is 5.83. The third-order valence-corrected chi connectivity index (χ3v) is 10.2. The van der Waals surface area contributed by atoms with E-state index < -0.39 is 7.14 Å². The van der Waals surface area contributed by atoms with Crippen molar-refractivity contribution in [2.24, 2.45) is 0 Å². The molecule has 1 atom stereocenters. The number of ether oxygens (including phenoxy) is 1. The van der Waals surface area contributed by atoms with Gasteiger partial charge in [0.15, 0.2) is 7.14 Å². The lowest BCUT2D eigenvalue weighted by atomic mass is 10.00. The molecule has 6 aromatic rings. The van der Waals surface area contributed by atoms with Crippen molar-refractivity contribution in [1.29, 1.82) is 0 Å². The van der Waals surface area contributed by atoms with Gasteiger partial charge in [0.2, 0.25) is 0 Å². The quantitative estimate of drug-likeness (QED) is 0.222. The molecule has 0 amide bonds. The second-order valence-electron chi connectivity index (χ2n) is 9.56. The van der Waals surface area contributed by atoms with Gasteiger partial charge in [0, 0.05) is 16.4 Å². The van der Waals surface area contributed by atoms with Crippen LogP contribution in [0.3, 0.4) is 0 Å². The van der Waals surface area contributed by atoms with Crippen LogP contribution in [0.5, 0.6) is 11.5 Å². The fourth-order valence-electron chi connectivity index (χ4n) is 5.21. The molecule has 0 radical (unpaired) electrons. The highest BCUT2D eigenvalue weighted by Crippen LogP contribution is 2.52. The van der Waals surface area contributed by atoms with Crippen LogP contribution in [-0.4, -0.2) is 4.98 Å². The number of aromatic nitrogens is 1. The molecule has 39 heavy (non-hydrogen) atoms. The summed E-state index contributed by atoms with van der Waals surface area (Å²) in [5, 5.41) is 2.23. The van der Waals surface area contributed by atoms with E-state index in [1.807, 2.05) is 109 Å². The average Bonchev–Trinajstić information content (AvgIpc) is 3.02. The molecule has 0 N–H and O–H groups in total. The second-order valence-corrected chi connectivity index (χ2v) is 12.3. The van der Waals surface area contributed by atoms with Gasteiger partial charge >= 0.3 is 0 Å². The van der Waals surface area contributed by atoms with Crippen molar-refractivity contribution in [2.45, 2.75) is 0 Å². The van der Waals surface area contributed by atoms with Crippen LogP contribution < -0.4 is 20.7 Å². The van der Waals surface area contributed by atoms with Crippen LogP contribution in [0, 0.1) is 0 Å². The first-order valence-electron chi connectivity index (χ1n) is 12.9. The lowest BCUT2D eigenvalue weighted by Gasteiger charge is -2.29. The Morgan fingerprint density at radius 1 is 0.462 bits per heavy atom. The molecule has 0 aliphatic carbocycles. The number of fused-ring (bicyclic) bond motifs is 2. The fourth-order valence-corrected chi connectivity index (χ4v) is 8.09. The number of rotatable bonds is 4. The van der Waals surface area contributed by atoms with Gasteiger partial charge in [-0.2, -0.15) is 0 Å². The summed E-state index contributed by atoms with van der Waals surface area (Å²) in [5.74, 6) is 1.27. The van der Waals surface area contributed by atoms with Crippen molar-refractivity contribution < 1.29 is 9.30 Å². The fraction of sp³-hybridized carbons (Fsp3) is 0. The van der Waals surface area contributed by atoms with E-state index >= 15 is 4.57 Å². The Bertz CT molecular complexity index is 1790. The summed E-state index contributed by atoms with van der Waals surface area (Å²) >= 11 is 0. The van der Waals surface area contributed by atoms with Crippen LogP contribution in [0.15, 0.2) is 146 Å². The maximum absolute atomic E-state index is 15.1. The molecule has 0 bridgehead atoms. The van der Waals surface area contributed by atoms with Crippen LogP contribution in [0.25, 0.3) is 33.6 Å². The van der Waals surface area contributed by atoms with Crippen molar-refractivity contribution in [3.8, 4) is 45.1 Å². The average molecular weight is 522 g/mol. The topological polar surface area (TPSA) is 39.2 Å². The smallest absolute Gasteiger partial charge is 0.178 e. The normalized spacial score (nSPS) is 15.6. The lowest BCUT2D eigenvalue weighted by molar-refractivity contribution is 0.485. The summed E-state index contributed by atoms with van der Waals surface area (Å²) < 4.78 is 21.4. The molecule has 0 fully saturated rings. The Kier molecular flexibility index (Phi) is 5.73. The molecule has 7 rings (SSSR count). The van der Waals surface area contributed by atoms with Crippen molar-refractivity contribution in [3.63, 3.8) is 0 Å². The summed E-state index contributed by atoms with van der Waals surface area (Å²) in [7, 11) is -3.17. The molecule has 0 spiro atoms. The van der Waals surface area contributed by atoms with Crippen LogP contribution in [0.4, 0.5) is 0 Å². The Hall–Kier alpha value is -4.72. The zero-order valence-electron chi connectivity index (χ0n) is 21.1. The van der Waals surface area contributed by atoms with Gasteiger partial charge in [0.1, 0.15) is 11.5 Å². The molecule has 1 aliphatic rings. The van der Waals surface area contributed by atoms with Gasteiger partial charge in [0.25, 0.3) is 0 Å². The molecule has 186 valence electrons. The number of pyridine rings is 1. The highest BCUT2D eigenvalue weighted by Gasteiger charge is 2.39. The van der Waals surface area contributed by atoms with E-state index in [0.717, 1.165) is 44.3 Å². The Labute approximate surface area is 227 Å². The summed E-state index contributed by atoms with van der Waals surface area (Å²) in [4.78, 5) is 5.01. The summed E-state index contributed by atoms with van der Waals surface area (Å²) in [6, 6.07) is 48.0. The molecule has 1 aromatic heterocycles. The van der Waals surface area contributed by atoms with E-state index in [-0.39, 0.29) is 0 Å². The minimum absolute atomic E-state index is 0.630. The van der Waals surface area contributed by atoms with E-state index in [1.54, 1.807) is 0 Å². The maximum Gasteiger partial charge on any atom is 0.178 e. The Morgan fingerprint density at radius 2 is 1.00 bits per heavy atom. The molecule has 1 unspecified atom stereocenters. The van der Waals surface area contributed by atoms with Crippen molar-refractivity contribution >= 4 is 23.1 Å². The number of hydrogen-bond acceptors (Lipinski definition) is 3. The van der Waals surface area contributed by atoms with Gasteiger partial charge in [-0.25, -0.2) is 4.98 Å². The van der Waals surface area contributed by atoms with Crippen LogP contribution in [0.1, 0.15) is 0 Å². The molecule has 5 aromatic carbocycles. The predicted octanol–water partition coefficient (Wildman–Crippen LogP) is 7.83. The van der Waals surface area contributed by atoms with Crippen LogP contribution in [0.2, 0.25) is 0 Å². The van der Waals surface area contributed by atoms with Crippen molar-refractivity contribution in [2.75, 3.05) is 0 Å². The minimum atomic E-state index is -3.17.